The van der Waals surface area contributed by atoms with Gasteiger partial charge in [-0.2, -0.15) is 0 Å². The van der Waals surface area contributed by atoms with Crippen molar-refractivity contribution in [3.8, 4) is 5.75 Å². The lowest BCUT2D eigenvalue weighted by molar-refractivity contribution is 0.102. The van der Waals surface area contributed by atoms with E-state index in [-0.39, 0.29) is 11.6 Å². The maximum Gasteiger partial charge on any atom is 0.275 e. The highest BCUT2D eigenvalue weighted by molar-refractivity contribution is 9.10. The van der Waals surface area contributed by atoms with Crippen molar-refractivity contribution in [3.63, 3.8) is 0 Å². The van der Waals surface area contributed by atoms with Crippen molar-refractivity contribution in [3.05, 3.63) is 46.3 Å². The van der Waals surface area contributed by atoms with Crippen LogP contribution >= 0.6 is 15.9 Å². The monoisotopic (exact) mass is 321 g/mol. The normalized spacial score (nSPS) is 10.1. The Morgan fingerprint density at radius 2 is 2.16 bits per heavy atom. The minimum atomic E-state index is -0.326. The molecule has 1 N–H and O–H groups in total. The molecular weight excluding hydrogens is 310 g/mol. The molecular formula is C13H12BrN3O2. The van der Waals surface area contributed by atoms with E-state index < -0.39 is 0 Å². The van der Waals surface area contributed by atoms with Gasteiger partial charge in [0.25, 0.3) is 5.91 Å². The number of nitrogens with one attached hydrogen (secondary N) is 1. The highest BCUT2D eigenvalue weighted by atomic mass is 79.9. The number of carbonyl (C=O) groups is 1. The van der Waals surface area contributed by atoms with Gasteiger partial charge in [0, 0.05) is 22.9 Å². The molecule has 0 unspecified atom stereocenters. The fraction of sp³-hybridized carbons (Fsp3) is 0.154. The number of carbonyl (C=O) groups excluding carboxylic acids is 1. The van der Waals surface area contributed by atoms with Crippen LogP contribution in [0.3, 0.4) is 0 Å². The van der Waals surface area contributed by atoms with E-state index in [2.05, 4.69) is 31.2 Å². The summed E-state index contributed by atoms with van der Waals surface area (Å²) in [5, 5.41) is 2.69. The van der Waals surface area contributed by atoms with E-state index in [0.717, 1.165) is 10.0 Å². The van der Waals surface area contributed by atoms with Gasteiger partial charge in [0.1, 0.15) is 17.3 Å². The Morgan fingerprint density at radius 1 is 1.37 bits per heavy atom. The number of methoxy groups -OCH3 is 1. The van der Waals surface area contributed by atoms with E-state index in [0.29, 0.717) is 11.6 Å². The van der Waals surface area contributed by atoms with Gasteiger partial charge in [-0.15, -0.1) is 0 Å². The van der Waals surface area contributed by atoms with Gasteiger partial charge in [-0.25, -0.2) is 4.98 Å². The second-order valence-electron chi connectivity index (χ2n) is 3.85. The van der Waals surface area contributed by atoms with Gasteiger partial charge < -0.3 is 10.1 Å². The summed E-state index contributed by atoms with van der Waals surface area (Å²) in [4.78, 5) is 20.1. The largest absolute Gasteiger partial charge is 0.497 e. The predicted octanol–water partition coefficient (Wildman–Crippen LogP) is 2.81. The maximum absolute atomic E-state index is 12.0. The zero-order valence-electron chi connectivity index (χ0n) is 10.5. The van der Waals surface area contributed by atoms with E-state index in [1.54, 1.807) is 24.4 Å². The number of aryl methyl sites for hydroxylation is 1. The smallest absolute Gasteiger partial charge is 0.275 e. The lowest BCUT2D eigenvalue weighted by Crippen LogP contribution is -2.14. The Bertz CT molecular complexity index is 617. The SMILES string of the molecule is COc1ccnc(C(=O)Nc2cc(C)c(Br)cn2)c1. The van der Waals surface area contributed by atoms with Gasteiger partial charge in [-0.1, -0.05) is 0 Å². The van der Waals surface area contributed by atoms with Crippen molar-refractivity contribution in [2.45, 2.75) is 6.92 Å². The fourth-order valence-corrected chi connectivity index (χ4v) is 1.67. The van der Waals surface area contributed by atoms with Crippen LogP contribution in [0.1, 0.15) is 16.1 Å². The third-order valence-corrected chi connectivity index (χ3v) is 3.32. The molecule has 0 saturated heterocycles. The topological polar surface area (TPSA) is 64.1 Å². The summed E-state index contributed by atoms with van der Waals surface area (Å²) < 4.78 is 5.94. The van der Waals surface area contributed by atoms with Gasteiger partial charge in [0.05, 0.1) is 7.11 Å². The number of halogens is 1. The Morgan fingerprint density at radius 3 is 2.84 bits per heavy atom. The Labute approximate surface area is 119 Å². The van der Waals surface area contributed by atoms with E-state index in [1.807, 2.05) is 6.92 Å². The molecule has 0 aromatic carbocycles. The van der Waals surface area contributed by atoms with Gasteiger partial charge in [-0.3, -0.25) is 9.78 Å². The van der Waals surface area contributed by atoms with Gasteiger partial charge >= 0.3 is 0 Å². The number of pyridine rings is 2. The molecule has 0 saturated carbocycles. The molecule has 0 aliphatic carbocycles. The maximum atomic E-state index is 12.0. The predicted molar refractivity (Wildman–Crippen MR) is 75.4 cm³/mol. The molecule has 0 radical (unpaired) electrons. The first-order valence-corrected chi connectivity index (χ1v) is 6.33. The van der Waals surface area contributed by atoms with Crippen molar-refractivity contribution < 1.29 is 9.53 Å². The Hall–Kier alpha value is -1.95. The minimum absolute atomic E-state index is 0.279. The molecule has 2 rings (SSSR count). The Kier molecular flexibility index (Phi) is 4.11. The Balaban J connectivity index is 2.18. The highest BCUT2D eigenvalue weighted by Crippen LogP contribution is 2.18. The zero-order chi connectivity index (χ0) is 13.8. The zero-order valence-corrected chi connectivity index (χ0v) is 12.1. The van der Waals surface area contributed by atoms with Crippen LogP contribution in [0.4, 0.5) is 5.82 Å². The number of anilines is 1. The van der Waals surface area contributed by atoms with Crippen molar-refractivity contribution in [2.75, 3.05) is 12.4 Å². The second-order valence-corrected chi connectivity index (χ2v) is 4.71. The molecule has 0 atom stereocenters. The van der Waals surface area contributed by atoms with E-state index in [9.17, 15) is 4.79 Å². The molecule has 5 nitrogen and oxygen atoms in total. The van der Waals surface area contributed by atoms with Gasteiger partial charge in [0.15, 0.2) is 0 Å². The molecule has 0 aliphatic heterocycles. The summed E-state index contributed by atoms with van der Waals surface area (Å²) in [6, 6.07) is 5.03. The molecule has 0 aliphatic rings. The molecule has 0 fully saturated rings. The number of rotatable bonds is 3. The molecule has 19 heavy (non-hydrogen) atoms. The van der Waals surface area contributed by atoms with Crippen LogP contribution in [0.5, 0.6) is 5.75 Å². The average molecular weight is 322 g/mol. The van der Waals surface area contributed by atoms with Crippen LogP contribution in [0.15, 0.2) is 35.1 Å². The minimum Gasteiger partial charge on any atom is -0.497 e. The summed E-state index contributed by atoms with van der Waals surface area (Å²) in [5.41, 5.74) is 1.27. The van der Waals surface area contributed by atoms with Gasteiger partial charge in [-0.05, 0) is 40.5 Å². The van der Waals surface area contributed by atoms with E-state index >= 15 is 0 Å². The number of aromatic nitrogens is 2. The molecule has 98 valence electrons. The number of hydrogen-bond donors (Lipinski definition) is 1. The van der Waals surface area contributed by atoms with Crippen LogP contribution in [0.2, 0.25) is 0 Å². The van der Waals surface area contributed by atoms with Crippen LogP contribution < -0.4 is 10.1 Å². The first-order valence-electron chi connectivity index (χ1n) is 5.53. The van der Waals surface area contributed by atoms with Crippen LogP contribution in [0, 0.1) is 6.92 Å². The fourth-order valence-electron chi connectivity index (χ4n) is 1.45. The first-order chi connectivity index (χ1) is 9.10. The molecule has 2 aromatic rings. The van der Waals surface area contributed by atoms with E-state index in [1.165, 1.54) is 13.3 Å². The average Bonchev–Trinajstić information content (AvgIpc) is 2.43. The molecule has 6 heteroatoms. The standard InChI is InChI=1S/C13H12BrN3O2/c1-8-5-12(16-7-10(8)14)17-13(18)11-6-9(19-2)3-4-15-11/h3-7H,1-2H3,(H,16,17,18). The summed E-state index contributed by atoms with van der Waals surface area (Å²) >= 11 is 3.36. The summed E-state index contributed by atoms with van der Waals surface area (Å²) in [7, 11) is 1.54. The third-order valence-electron chi connectivity index (χ3n) is 2.49. The van der Waals surface area contributed by atoms with Crippen LogP contribution in [0.25, 0.3) is 0 Å². The lowest BCUT2D eigenvalue weighted by Gasteiger charge is -2.06. The number of amides is 1. The van der Waals surface area contributed by atoms with Crippen molar-refractivity contribution in [1.82, 2.24) is 9.97 Å². The summed E-state index contributed by atoms with van der Waals surface area (Å²) in [5.74, 6) is 0.739. The lowest BCUT2D eigenvalue weighted by atomic mass is 10.3. The number of hydrogen-bond acceptors (Lipinski definition) is 4. The summed E-state index contributed by atoms with van der Waals surface area (Å²) in [6.07, 6.45) is 3.16. The van der Waals surface area contributed by atoms with Crippen LogP contribution in [-0.2, 0) is 0 Å². The molecule has 1 amide bonds. The molecule has 0 spiro atoms. The number of ether oxygens (including phenoxy) is 1. The third kappa shape index (κ3) is 3.29. The molecule has 2 heterocycles. The second kappa shape index (κ2) is 5.79. The van der Waals surface area contributed by atoms with Crippen molar-refractivity contribution >= 4 is 27.7 Å². The van der Waals surface area contributed by atoms with Crippen molar-refractivity contribution in [1.29, 1.82) is 0 Å². The first kappa shape index (κ1) is 13.5. The highest BCUT2D eigenvalue weighted by Gasteiger charge is 2.10. The molecule has 0 bridgehead atoms. The summed E-state index contributed by atoms with van der Waals surface area (Å²) in [6.45, 7) is 1.92. The van der Waals surface area contributed by atoms with Gasteiger partial charge in [0.2, 0.25) is 0 Å². The van der Waals surface area contributed by atoms with E-state index in [4.69, 9.17) is 4.74 Å². The quantitative estimate of drug-likeness (QED) is 0.944. The van der Waals surface area contributed by atoms with Crippen LogP contribution in [-0.4, -0.2) is 23.0 Å². The van der Waals surface area contributed by atoms with Crippen molar-refractivity contribution in [2.24, 2.45) is 0 Å². The molecule has 2 aromatic heterocycles. The number of nitrogens with zero attached hydrogens (tertiary/aromatic N) is 2.